The molecule has 1 rings (SSSR count). The zero-order valence-electron chi connectivity index (χ0n) is 11.9. The summed E-state index contributed by atoms with van der Waals surface area (Å²) >= 11 is 0. The smallest absolute Gasteiger partial charge is 0.224 e. The molecule has 1 aliphatic rings. The van der Waals surface area contributed by atoms with Gasteiger partial charge in [0.15, 0.2) is 0 Å². The lowest BCUT2D eigenvalue weighted by Gasteiger charge is -2.40. The number of carbonyl (C=O) groups is 1. The molecule has 0 radical (unpaired) electrons. The van der Waals surface area contributed by atoms with Crippen molar-refractivity contribution in [1.29, 1.82) is 0 Å². The van der Waals surface area contributed by atoms with Crippen LogP contribution in [0.1, 0.15) is 53.9 Å². The summed E-state index contributed by atoms with van der Waals surface area (Å²) in [5, 5.41) is 3.17. The van der Waals surface area contributed by atoms with Gasteiger partial charge in [0.2, 0.25) is 5.91 Å². The van der Waals surface area contributed by atoms with Crippen LogP contribution >= 0.6 is 0 Å². The fraction of sp³-hybridized carbons (Fsp3) is 0.929. The van der Waals surface area contributed by atoms with E-state index in [1.165, 1.54) is 12.8 Å². The summed E-state index contributed by atoms with van der Waals surface area (Å²) in [5.74, 6) is 0.566. The molecule has 100 valence electrons. The zero-order chi connectivity index (χ0) is 13.2. The van der Waals surface area contributed by atoms with Crippen molar-refractivity contribution < 1.29 is 4.79 Å². The molecule has 1 fully saturated rings. The van der Waals surface area contributed by atoms with Gasteiger partial charge in [0.1, 0.15) is 0 Å². The fourth-order valence-electron chi connectivity index (χ4n) is 2.71. The molecule has 4 unspecified atom stereocenters. The normalized spacial score (nSPS) is 31.6. The molecule has 1 saturated carbocycles. The number of nitrogens with two attached hydrogens (primary N) is 1. The van der Waals surface area contributed by atoms with Gasteiger partial charge in [-0.2, -0.15) is 0 Å². The third kappa shape index (κ3) is 3.98. The number of hydrogen-bond donors (Lipinski definition) is 2. The molecule has 0 bridgehead atoms. The maximum atomic E-state index is 12.0. The van der Waals surface area contributed by atoms with E-state index in [-0.39, 0.29) is 17.9 Å². The average Bonchev–Trinajstić information content (AvgIpc) is 2.20. The van der Waals surface area contributed by atoms with Crippen LogP contribution in [0.25, 0.3) is 0 Å². The van der Waals surface area contributed by atoms with Crippen molar-refractivity contribution in [3.63, 3.8) is 0 Å². The van der Waals surface area contributed by atoms with Gasteiger partial charge in [-0.3, -0.25) is 4.79 Å². The Bertz CT molecular complexity index is 273. The predicted molar refractivity (Wildman–Crippen MR) is 71.5 cm³/mol. The van der Waals surface area contributed by atoms with Crippen molar-refractivity contribution in [3.8, 4) is 0 Å². The van der Waals surface area contributed by atoms with Gasteiger partial charge in [-0.1, -0.05) is 27.7 Å². The second-order valence-corrected chi connectivity index (χ2v) is 6.65. The number of nitrogens with one attached hydrogen (secondary N) is 1. The van der Waals surface area contributed by atoms with Crippen LogP contribution in [0.15, 0.2) is 0 Å². The van der Waals surface area contributed by atoms with Crippen LogP contribution < -0.4 is 11.1 Å². The molecule has 4 atom stereocenters. The fourth-order valence-corrected chi connectivity index (χ4v) is 2.71. The summed E-state index contributed by atoms with van der Waals surface area (Å²) in [5.41, 5.74) is 6.18. The minimum atomic E-state index is -0.0999. The third-order valence-electron chi connectivity index (χ3n) is 4.22. The predicted octanol–water partition coefficient (Wildman–Crippen LogP) is 2.30. The molecule has 0 aliphatic heterocycles. The maximum absolute atomic E-state index is 12.0. The van der Waals surface area contributed by atoms with E-state index in [4.69, 9.17) is 5.73 Å². The molecular formula is C14H28N2O. The van der Waals surface area contributed by atoms with E-state index < -0.39 is 0 Å². The lowest BCUT2D eigenvalue weighted by molar-refractivity contribution is -0.126. The van der Waals surface area contributed by atoms with Gasteiger partial charge in [-0.25, -0.2) is 0 Å². The van der Waals surface area contributed by atoms with Gasteiger partial charge in [0, 0.05) is 18.0 Å². The quantitative estimate of drug-likeness (QED) is 0.795. The SMILES string of the molecule is CC(N)C(C)C(=O)NC1CCC(C)(C)CC1C. The number of amides is 1. The molecule has 3 nitrogen and oxygen atoms in total. The van der Waals surface area contributed by atoms with Crippen LogP contribution in [0.5, 0.6) is 0 Å². The van der Waals surface area contributed by atoms with Gasteiger partial charge in [-0.15, -0.1) is 0 Å². The maximum Gasteiger partial charge on any atom is 0.224 e. The van der Waals surface area contributed by atoms with Crippen molar-refractivity contribution >= 4 is 5.91 Å². The van der Waals surface area contributed by atoms with Gasteiger partial charge in [0.05, 0.1) is 0 Å². The van der Waals surface area contributed by atoms with Crippen molar-refractivity contribution in [3.05, 3.63) is 0 Å². The zero-order valence-corrected chi connectivity index (χ0v) is 11.9. The van der Waals surface area contributed by atoms with E-state index in [1.807, 2.05) is 13.8 Å². The van der Waals surface area contributed by atoms with E-state index >= 15 is 0 Å². The van der Waals surface area contributed by atoms with Crippen molar-refractivity contribution in [2.24, 2.45) is 23.0 Å². The first-order valence-corrected chi connectivity index (χ1v) is 6.79. The Morgan fingerprint density at radius 1 is 1.41 bits per heavy atom. The topological polar surface area (TPSA) is 55.1 Å². The Hall–Kier alpha value is -0.570. The highest BCUT2D eigenvalue weighted by molar-refractivity contribution is 5.79. The Balaban J connectivity index is 2.50. The van der Waals surface area contributed by atoms with Gasteiger partial charge < -0.3 is 11.1 Å². The Morgan fingerprint density at radius 2 is 2.00 bits per heavy atom. The summed E-state index contributed by atoms with van der Waals surface area (Å²) < 4.78 is 0. The van der Waals surface area contributed by atoms with Crippen LogP contribution in [-0.4, -0.2) is 18.0 Å². The number of hydrogen-bond acceptors (Lipinski definition) is 2. The molecular weight excluding hydrogens is 212 g/mol. The molecule has 0 saturated heterocycles. The van der Waals surface area contributed by atoms with Crippen LogP contribution in [0.4, 0.5) is 0 Å². The lowest BCUT2D eigenvalue weighted by Crippen LogP contribution is -2.48. The van der Waals surface area contributed by atoms with Crippen LogP contribution in [0, 0.1) is 17.3 Å². The molecule has 1 amide bonds. The van der Waals surface area contributed by atoms with Crippen LogP contribution in [0.3, 0.4) is 0 Å². The summed E-state index contributed by atoms with van der Waals surface area (Å²) in [4.78, 5) is 12.0. The molecule has 0 aromatic carbocycles. The molecule has 1 aliphatic carbocycles. The molecule has 17 heavy (non-hydrogen) atoms. The first-order chi connectivity index (χ1) is 7.73. The molecule has 0 aromatic rings. The van der Waals surface area contributed by atoms with E-state index in [9.17, 15) is 4.79 Å². The standard InChI is InChI=1S/C14H28N2O/c1-9-8-14(4,5)7-6-12(9)16-13(17)10(2)11(3)15/h9-12H,6-8,15H2,1-5H3,(H,16,17). The largest absolute Gasteiger partial charge is 0.353 e. The lowest BCUT2D eigenvalue weighted by atomic mass is 9.70. The van der Waals surface area contributed by atoms with E-state index in [2.05, 4.69) is 26.1 Å². The molecule has 3 heteroatoms. The van der Waals surface area contributed by atoms with Gasteiger partial charge in [0.25, 0.3) is 0 Å². The average molecular weight is 240 g/mol. The Morgan fingerprint density at radius 3 is 2.47 bits per heavy atom. The second kappa shape index (κ2) is 5.38. The minimum Gasteiger partial charge on any atom is -0.353 e. The summed E-state index contributed by atoms with van der Waals surface area (Å²) in [7, 11) is 0. The Labute approximate surface area is 106 Å². The Kier molecular flexibility index (Phi) is 4.59. The van der Waals surface area contributed by atoms with Gasteiger partial charge in [-0.05, 0) is 37.5 Å². The highest BCUT2D eigenvalue weighted by Gasteiger charge is 2.33. The van der Waals surface area contributed by atoms with Crippen LogP contribution in [0.2, 0.25) is 0 Å². The highest BCUT2D eigenvalue weighted by Crippen LogP contribution is 2.38. The summed E-state index contributed by atoms with van der Waals surface area (Å²) in [6, 6.07) is 0.252. The van der Waals surface area contributed by atoms with Gasteiger partial charge >= 0.3 is 0 Å². The summed E-state index contributed by atoms with van der Waals surface area (Å²) in [6.07, 6.45) is 3.46. The van der Waals surface area contributed by atoms with Crippen molar-refractivity contribution in [2.75, 3.05) is 0 Å². The highest BCUT2D eigenvalue weighted by atomic mass is 16.1. The molecule has 0 aromatic heterocycles. The van der Waals surface area contributed by atoms with Crippen LogP contribution in [-0.2, 0) is 4.79 Å². The second-order valence-electron chi connectivity index (χ2n) is 6.65. The minimum absolute atomic E-state index is 0.0784. The monoisotopic (exact) mass is 240 g/mol. The molecule has 3 N–H and O–H groups in total. The number of rotatable bonds is 3. The van der Waals surface area contributed by atoms with Crippen molar-refractivity contribution in [2.45, 2.75) is 66.0 Å². The molecule has 0 heterocycles. The third-order valence-corrected chi connectivity index (χ3v) is 4.22. The van der Waals surface area contributed by atoms with E-state index in [0.29, 0.717) is 17.4 Å². The summed E-state index contributed by atoms with van der Waals surface area (Å²) in [6.45, 7) is 10.6. The van der Waals surface area contributed by atoms with E-state index in [0.717, 1.165) is 6.42 Å². The first-order valence-electron chi connectivity index (χ1n) is 6.79. The molecule has 0 spiro atoms. The number of carbonyl (C=O) groups excluding carboxylic acids is 1. The first kappa shape index (κ1) is 14.5. The van der Waals surface area contributed by atoms with E-state index in [1.54, 1.807) is 0 Å². The van der Waals surface area contributed by atoms with Crippen molar-refractivity contribution in [1.82, 2.24) is 5.32 Å².